The quantitative estimate of drug-likeness (QED) is 0.665. The van der Waals surface area contributed by atoms with Crippen molar-refractivity contribution in [2.24, 2.45) is 11.3 Å². The Kier molecular flexibility index (Phi) is 4.56. The summed E-state index contributed by atoms with van der Waals surface area (Å²) in [4.78, 5) is 17.7. The SMILES string of the molecule is CC(C)CC(=O)N(C)c1ccc2cc(-c3n[nH]c4c3CCC(C)(C)C4)[nH]c2c1. The molecule has 2 aromatic heterocycles. The third kappa shape index (κ3) is 3.46. The molecule has 2 N–H and O–H groups in total. The Balaban J connectivity index is 1.65. The number of hydrogen-bond acceptors (Lipinski definition) is 2. The summed E-state index contributed by atoms with van der Waals surface area (Å²) in [6.07, 6.45) is 3.84. The fourth-order valence-corrected chi connectivity index (χ4v) is 4.15. The third-order valence-corrected chi connectivity index (χ3v) is 5.87. The average Bonchev–Trinajstić information content (AvgIpc) is 3.21. The number of amides is 1. The molecule has 1 aliphatic rings. The van der Waals surface area contributed by atoms with E-state index in [4.69, 9.17) is 0 Å². The molecule has 28 heavy (non-hydrogen) atoms. The zero-order chi connectivity index (χ0) is 20.1. The van der Waals surface area contributed by atoms with E-state index >= 15 is 0 Å². The lowest BCUT2D eigenvalue weighted by atomic mass is 9.76. The lowest BCUT2D eigenvalue weighted by molar-refractivity contribution is -0.119. The predicted molar refractivity (Wildman–Crippen MR) is 115 cm³/mol. The zero-order valence-electron chi connectivity index (χ0n) is 17.5. The van der Waals surface area contributed by atoms with Crippen LogP contribution in [0.2, 0.25) is 0 Å². The van der Waals surface area contributed by atoms with Crippen LogP contribution in [0.1, 0.15) is 51.8 Å². The van der Waals surface area contributed by atoms with Gasteiger partial charge in [0, 0.05) is 41.3 Å². The van der Waals surface area contributed by atoms with E-state index in [0.717, 1.165) is 40.8 Å². The first-order valence-corrected chi connectivity index (χ1v) is 10.2. The van der Waals surface area contributed by atoms with Crippen LogP contribution in [0.4, 0.5) is 5.69 Å². The van der Waals surface area contributed by atoms with Gasteiger partial charge in [0.1, 0.15) is 5.69 Å². The third-order valence-electron chi connectivity index (χ3n) is 5.87. The number of anilines is 1. The van der Waals surface area contributed by atoms with E-state index in [2.05, 4.69) is 61.1 Å². The van der Waals surface area contributed by atoms with E-state index in [1.54, 1.807) is 4.90 Å². The van der Waals surface area contributed by atoms with Gasteiger partial charge in [-0.25, -0.2) is 0 Å². The molecular weight excluding hydrogens is 348 g/mol. The van der Waals surface area contributed by atoms with Crippen molar-refractivity contribution in [3.8, 4) is 11.4 Å². The average molecular weight is 379 g/mol. The summed E-state index contributed by atoms with van der Waals surface area (Å²) in [6.45, 7) is 8.77. The number of hydrogen-bond donors (Lipinski definition) is 2. The number of fused-ring (bicyclic) bond motifs is 2. The van der Waals surface area contributed by atoms with Crippen LogP contribution in [0.15, 0.2) is 24.3 Å². The second-order valence-electron chi connectivity index (χ2n) is 9.38. The summed E-state index contributed by atoms with van der Waals surface area (Å²) in [5.41, 5.74) is 6.97. The van der Waals surface area contributed by atoms with Crippen LogP contribution in [0.3, 0.4) is 0 Å². The van der Waals surface area contributed by atoms with Gasteiger partial charge in [-0.15, -0.1) is 0 Å². The number of nitrogens with one attached hydrogen (secondary N) is 2. The van der Waals surface area contributed by atoms with E-state index in [1.807, 2.05) is 13.1 Å². The molecule has 0 unspecified atom stereocenters. The van der Waals surface area contributed by atoms with E-state index < -0.39 is 0 Å². The molecule has 1 aromatic carbocycles. The highest BCUT2D eigenvalue weighted by molar-refractivity contribution is 5.96. The van der Waals surface area contributed by atoms with E-state index in [9.17, 15) is 4.79 Å². The summed E-state index contributed by atoms with van der Waals surface area (Å²) in [5, 5.41) is 9.03. The summed E-state index contributed by atoms with van der Waals surface area (Å²) in [7, 11) is 1.85. The highest BCUT2D eigenvalue weighted by atomic mass is 16.2. The molecule has 0 bridgehead atoms. The number of benzene rings is 1. The van der Waals surface area contributed by atoms with Gasteiger partial charge in [0.15, 0.2) is 0 Å². The first-order valence-electron chi connectivity index (χ1n) is 10.2. The largest absolute Gasteiger partial charge is 0.353 e. The molecule has 1 aliphatic carbocycles. The Morgan fingerprint density at radius 2 is 2.07 bits per heavy atom. The Bertz CT molecular complexity index is 1020. The lowest BCUT2D eigenvalue weighted by Crippen LogP contribution is -2.27. The maximum absolute atomic E-state index is 12.4. The monoisotopic (exact) mass is 378 g/mol. The molecule has 148 valence electrons. The number of aromatic nitrogens is 3. The van der Waals surface area contributed by atoms with Gasteiger partial charge in [-0.3, -0.25) is 9.89 Å². The molecule has 5 nitrogen and oxygen atoms in total. The van der Waals surface area contributed by atoms with Crippen molar-refractivity contribution < 1.29 is 4.79 Å². The molecule has 0 atom stereocenters. The molecule has 4 rings (SSSR count). The molecule has 0 aliphatic heterocycles. The van der Waals surface area contributed by atoms with Crippen molar-refractivity contribution >= 4 is 22.5 Å². The standard InChI is InChI=1S/C23H30N4O/c1-14(2)10-21(28)27(5)16-7-6-15-11-19(24-18(15)12-16)22-17-8-9-23(3,4)13-20(17)25-26-22/h6-7,11-12,14,24H,8-10,13H2,1-5H3,(H,25,26). The fourth-order valence-electron chi connectivity index (χ4n) is 4.15. The van der Waals surface area contributed by atoms with Crippen molar-refractivity contribution in [3.63, 3.8) is 0 Å². The molecule has 0 radical (unpaired) electrons. The second kappa shape index (κ2) is 6.80. The summed E-state index contributed by atoms with van der Waals surface area (Å²) < 4.78 is 0. The predicted octanol–water partition coefficient (Wildman–Crippen LogP) is 5.08. The minimum absolute atomic E-state index is 0.144. The molecule has 0 fully saturated rings. The highest BCUT2D eigenvalue weighted by Crippen LogP contribution is 2.38. The van der Waals surface area contributed by atoms with Gasteiger partial charge >= 0.3 is 0 Å². The molecule has 3 aromatic rings. The molecular formula is C23H30N4O. The van der Waals surface area contributed by atoms with Gasteiger partial charge in [0.2, 0.25) is 5.91 Å². The lowest BCUT2D eigenvalue weighted by Gasteiger charge is -2.28. The molecule has 5 heteroatoms. The highest BCUT2D eigenvalue weighted by Gasteiger charge is 2.29. The number of rotatable bonds is 4. The topological polar surface area (TPSA) is 64.8 Å². The normalized spacial score (nSPS) is 15.8. The van der Waals surface area contributed by atoms with Crippen molar-refractivity contribution in [1.29, 1.82) is 0 Å². The van der Waals surface area contributed by atoms with Gasteiger partial charge in [-0.05, 0) is 48.8 Å². The molecule has 1 amide bonds. The Hall–Kier alpha value is -2.56. The maximum atomic E-state index is 12.4. The Labute approximate surface area is 166 Å². The van der Waals surface area contributed by atoms with Gasteiger partial charge in [-0.2, -0.15) is 5.10 Å². The smallest absolute Gasteiger partial charge is 0.226 e. The number of carbonyl (C=O) groups excluding carboxylic acids is 1. The first-order chi connectivity index (χ1) is 13.2. The summed E-state index contributed by atoms with van der Waals surface area (Å²) in [5.74, 6) is 0.497. The second-order valence-corrected chi connectivity index (χ2v) is 9.38. The van der Waals surface area contributed by atoms with E-state index in [1.165, 1.54) is 17.7 Å². The molecule has 0 saturated carbocycles. The van der Waals surface area contributed by atoms with Crippen molar-refractivity contribution in [3.05, 3.63) is 35.5 Å². The van der Waals surface area contributed by atoms with Gasteiger partial charge in [-0.1, -0.05) is 33.8 Å². The number of H-pyrrole nitrogens is 2. The van der Waals surface area contributed by atoms with Crippen molar-refractivity contribution in [1.82, 2.24) is 15.2 Å². The van der Waals surface area contributed by atoms with Gasteiger partial charge in [0.05, 0.1) is 5.69 Å². The zero-order valence-corrected chi connectivity index (χ0v) is 17.5. The molecule has 2 heterocycles. The number of nitrogens with zero attached hydrogens (tertiary/aromatic N) is 2. The molecule has 0 spiro atoms. The Morgan fingerprint density at radius 1 is 1.29 bits per heavy atom. The van der Waals surface area contributed by atoms with Crippen molar-refractivity contribution in [2.45, 2.75) is 53.4 Å². The van der Waals surface area contributed by atoms with Crippen LogP contribution < -0.4 is 4.90 Å². The molecule has 0 saturated heterocycles. The van der Waals surface area contributed by atoms with E-state index in [0.29, 0.717) is 17.8 Å². The van der Waals surface area contributed by atoms with Gasteiger partial charge in [0.25, 0.3) is 0 Å². The van der Waals surface area contributed by atoms with Crippen LogP contribution >= 0.6 is 0 Å². The van der Waals surface area contributed by atoms with Crippen molar-refractivity contribution in [2.75, 3.05) is 11.9 Å². The summed E-state index contributed by atoms with van der Waals surface area (Å²) >= 11 is 0. The minimum Gasteiger partial charge on any atom is -0.353 e. The minimum atomic E-state index is 0.144. The van der Waals surface area contributed by atoms with Crippen LogP contribution in [0.25, 0.3) is 22.3 Å². The number of aromatic amines is 2. The van der Waals surface area contributed by atoms with Crippen LogP contribution in [-0.2, 0) is 17.6 Å². The summed E-state index contributed by atoms with van der Waals surface area (Å²) in [6, 6.07) is 8.30. The Morgan fingerprint density at radius 3 is 2.82 bits per heavy atom. The van der Waals surface area contributed by atoms with Crippen LogP contribution in [0, 0.1) is 11.3 Å². The van der Waals surface area contributed by atoms with Crippen LogP contribution in [-0.4, -0.2) is 28.1 Å². The maximum Gasteiger partial charge on any atom is 0.226 e. The van der Waals surface area contributed by atoms with Gasteiger partial charge < -0.3 is 9.88 Å². The fraction of sp³-hybridized carbons (Fsp3) is 0.478. The van der Waals surface area contributed by atoms with Crippen LogP contribution in [0.5, 0.6) is 0 Å². The number of carbonyl (C=O) groups is 1. The van der Waals surface area contributed by atoms with E-state index in [-0.39, 0.29) is 5.91 Å². The first kappa shape index (κ1) is 18.8.